The van der Waals surface area contributed by atoms with Crippen LogP contribution >= 0.6 is 0 Å². The van der Waals surface area contributed by atoms with Crippen molar-refractivity contribution < 1.29 is 23.7 Å². The lowest BCUT2D eigenvalue weighted by Gasteiger charge is -2.26. The number of methoxy groups -OCH3 is 1. The number of aromatic nitrogens is 1. The largest absolute Gasteiger partial charge is 0.495 e. The first kappa shape index (κ1) is 29.7. The number of carbonyl (C=O) groups is 1. The Morgan fingerprint density at radius 2 is 1.81 bits per heavy atom. The van der Waals surface area contributed by atoms with Crippen LogP contribution in [0.1, 0.15) is 6.42 Å². The van der Waals surface area contributed by atoms with Gasteiger partial charge in [-0.15, -0.1) is 0 Å². The Kier molecular flexibility index (Phi) is 9.98. The number of fused-ring (bicyclic) bond motifs is 1. The van der Waals surface area contributed by atoms with Crippen molar-refractivity contribution in [2.75, 3.05) is 76.5 Å². The smallest absolute Gasteiger partial charge is 0.257 e. The number of carbonyl (C=O) groups excluding carboxylic acids is 1. The van der Waals surface area contributed by atoms with Crippen molar-refractivity contribution in [1.29, 1.82) is 0 Å². The SMILES string of the molecule is CNC(=O)COc1ccccc1Oc1ccc(Nc2c(N)cnc3cc(NCCCN4CCOCC4)c(OC)cc23)cc1. The number of morpholine rings is 1. The van der Waals surface area contributed by atoms with Gasteiger partial charge in [-0.05, 0) is 61.5 Å². The van der Waals surface area contributed by atoms with Gasteiger partial charge in [0.25, 0.3) is 5.91 Å². The van der Waals surface area contributed by atoms with Gasteiger partial charge in [0.15, 0.2) is 18.1 Å². The molecule has 0 saturated carbocycles. The molecular formula is C32H38N6O5. The highest BCUT2D eigenvalue weighted by Gasteiger charge is 2.14. The molecule has 0 aliphatic carbocycles. The Labute approximate surface area is 251 Å². The summed E-state index contributed by atoms with van der Waals surface area (Å²) in [6.45, 7) is 5.33. The van der Waals surface area contributed by atoms with Crippen molar-refractivity contribution in [3.05, 3.63) is 66.9 Å². The third kappa shape index (κ3) is 7.76. The summed E-state index contributed by atoms with van der Waals surface area (Å²) in [5.41, 5.74) is 10.1. The minimum Gasteiger partial charge on any atom is -0.495 e. The number of nitrogens with one attached hydrogen (secondary N) is 3. The van der Waals surface area contributed by atoms with Gasteiger partial charge < -0.3 is 40.6 Å². The van der Waals surface area contributed by atoms with E-state index in [1.165, 1.54) is 0 Å². The normalized spacial score (nSPS) is 13.3. The molecule has 0 bridgehead atoms. The number of nitrogens with zero attached hydrogens (tertiary/aromatic N) is 2. The molecule has 5 rings (SSSR count). The summed E-state index contributed by atoms with van der Waals surface area (Å²) in [5, 5.41) is 10.3. The number of nitrogen functional groups attached to an aromatic ring is 1. The summed E-state index contributed by atoms with van der Waals surface area (Å²) in [5.74, 6) is 2.09. The Hall–Kier alpha value is -4.74. The first-order chi connectivity index (χ1) is 21.0. The standard InChI is InChI=1S/C32H38N6O5/c1-34-31(39)21-42-28-6-3-4-7-29(28)43-23-10-8-22(9-11-23)37-32-24-18-30(40-2)27(19-26(24)36-20-25(32)33)35-12-5-13-38-14-16-41-17-15-38/h3-4,6-11,18-20,35H,5,12-17,21,33H2,1-2H3,(H,34,39)(H,36,37). The zero-order chi connectivity index (χ0) is 30.0. The number of likely N-dealkylation sites (N-methyl/N-ethyl adjacent to an activating group) is 1. The van der Waals surface area contributed by atoms with Gasteiger partial charge in [0, 0.05) is 37.8 Å². The molecule has 43 heavy (non-hydrogen) atoms. The first-order valence-electron chi connectivity index (χ1n) is 14.3. The number of ether oxygens (including phenoxy) is 4. The third-order valence-corrected chi connectivity index (χ3v) is 7.13. The second-order valence-electron chi connectivity index (χ2n) is 10.1. The zero-order valence-corrected chi connectivity index (χ0v) is 24.5. The van der Waals surface area contributed by atoms with Crippen molar-refractivity contribution in [3.8, 4) is 23.0 Å². The fourth-order valence-corrected chi connectivity index (χ4v) is 4.78. The average molecular weight is 587 g/mol. The number of para-hydroxylation sites is 2. The van der Waals surface area contributed by atoms with Crippen molar-refractivity contribution in [1.82, 2.24) is 15.2 Å². The van der Waals surface area contributed by atoms with E-state index in [1.54, 1.807) is 32.5 Å². The fraction of sp³-hybridized carbons (Fsp3) is 0.312. The topological polar surface area (TPSA) is 132 Å². The monoisotopic (exact) mass is 586 g/mol. The average Bonchev–Trinajstić information content (AvgIpc) is 3.04. The minimum atomic E-state index is -0.224. The minimum absolute atomic E-state index is 0.0989. The van der Waals surface area contributed by atoms with Gasteiger partial charge in [-0.2, -0.15) is 0 Å². The molecule has 1 aliphatic rings. The number of hydrogen-bond donors (Lipinski definition) is 4. The van der Waals surface area contributed by atoms with E-state index in [4.69, 9.17) is 24.7 Å². The van der Waals surface area contributed by atoms with Crippen LogP contribution in [-0.4, -0.2) is 75.9 Å². The number of benzene rings is 3. The third-order valence-electron chi connectivity index (χ3n) is 7.13. The highest BCUT2D eigenvalue weighted by atomic mass is 16.5. The van der Waals surface area contributed by atoms with Gasteiger partial charge in [-0.3, -0.25) is 14.7 Å². The molecule has 1 aromatic heterocycles. The van der Waals surface area contributed by atoms with E-state index in [9.17, 15) is 4.79 Å². The molecule has 11 heteroatoms. The summed E-state index contributed by atoms with van der Waals surface area (Å²) in [7, 11) is 3.22. The van der Waals surface area contributed by atoms with Crippen LogP contribution in [0, 0.1) is 0 Å². The molecular weight excluding hydrogens is 548 g/mol. The van der Waals surface area contributed by atoms with E-state index < -0.39 is 0 Å². The van der Waals surface area contributed by atoms with Crippen LogP contribution in [0.15, 0.2) is 66.9 Å². The van der Waals surface area contributed by atoms with Gasteiger partial charge in [-0.25, -0.2) is 0 Å². The van der Waals surface area contributed by atoms with E-state index in [1.807, 2.05) is 48.5 Å². The predicted molar refractivity (Wildman–Crippen MR) is 169 cm³/mol. The molecule has 1 amide bonds. The van der Waals surface area contributed by atoms with Crippen LogP contribution < -0.4 is 35.9 Å². The number of nitrogens with two attached hydrogens (primary N) is 1. The van der Waals surface area contributed by atoms with Gasteiger partial charge in [0.1, 0.15) is 11.5 Å². The molecule has 226 valence electrons. The second-order valence-corrected chi connectivity index (χ2v) is 10.1. The van der Waals surface area contributed by atoms with E-state index in [0.29, 0.717) is 22.9 Å². The van der Waals surface area contributed by atoms with Crippen molar-refractivity contribution in [3.63, 3.8) is 0 Å². The summed E-state index contributed by atoms with van der Waals surface area (Å²) in [6.07, 6.45) is 2.67. The lowest BCUT2D eigenvalue weighted by Crippen LogP contribution is -2.37. The van der Waals surface area contributed by atoms with E-state index in [0.717, 1.165) is 79.5 Å². The van der Waals surface area contributed by atoms with Gasteiger partial charge in [0.05, 0.1) is 49.1 Å². The Bertz CT molecular complexity index is 1530. The number of hydrogen-bond acceptors (Lipinski definition) is 10. The van der Waals surface area contributed by atoms with Crippen molar-refractivity contribution >= 4 is 39.6 Å². The van der Waals surface area contributed by atoms with Gasteiger partial charge in [0.2, 0.25) is 0 Å². The number of pyridine rings is 1. The van der Waals surface area contributed by atoms with Crippen LogP contribution in [0.3, 0.4) is 0 Å². The maximum atomic E-state index is 11.6. The van der Waals surface area contributed by atoms with Crippen LogP contribution in [0.4, 0.5) is 22.7 Å². The molecule has 0 atom stereocenters. The maximum absolute atomic E-state index is 11.6. The van der Waals surface area contributed by atoms with E-state index >= 15 is 0 Å². The summed E-state index contributed by atoms with van der Waals surface area (Å²) in [6, 6.07) is 18.6. The van der Waals surface area contributed by atoms with Crippen LogP contribution in [0.2, 0.25) is 0 Å². The molecule has 1 fully saturated rings. The lowest BCUT2D eigenvalue weighted by atomic mass is 10.1. The Morgan fingerprint density at radius 1 is 1.05 bits per heavy atom. The highest BCUT2D eigenvalue weighted by molar-refractivity contribution is 6.01. The second kappa shape index (κ2) is 14.4. The molecule has 5 N–H and O–H groups in total. The predicted octanol–water partition coefficient (Wildman–Crippen LogP) is 4.62. The number of amides is 1. The molecule has 0 unspecified atom stereocenters. The van der Waals surface area contributed by atoms with Crippen LogP contribution in [-0.2, 0) is 9.53 Å². The molecule has 3 aromatic carbocycles. The quantitative estimate of drug-likeness (QED) is 0.165. The number of anilines is 4. The van der Waals surface area contributed by atoms with Crippen molar-refractivity contribution in [2.45, 2.75) is 6.42 Å². The van der Waals surface area contributed by atoms with Crippen LogP contribution in [0.25, 0.3) is 10.9 Å². The fourth-order valence-electron chi connectivity index (χ4n) is 4.78. The van der Waals surface area contributed by atoms with Gasteiger partial charge in [-0.1, -0.05) is 12.1 Å². The highest BCUT2D eigenvalue weighted by Crippen LogP contribution is 2.38. The summed E-state index contributed by atoms with van der Waals surface area (Å²) < 4.78 is 22.8. The molecule has 2 heterocycles. The van der Waals surface area contributed by atoms with E-state index in [2.05, 4.69) is 25.8 Å². The maximum Gasteiger partial charge on any atom is 0.257 e. The van der Waals surface area contributed by atoms with Crippen LogP contribution in [0.5, 0.6) is 23.0 Å². The summed E-state index contributed by atoms with van der Waals surface area (Å²) in [4.78, 5) is 18.6. The lowest BCUT2D eigenvalue weighted by molar-refractivity contribution is -0.122. The van der Waals surface area contributed by atoms with Gasteiger partial charge >= 0.3 is 0 Å². The molecule has 0 spiro atoms. The Morgan fingerprint density at radius 3 is 2.56 bits per heavy atom. The van der Waals surface area contributed by atoms with E-state index in [-0.39, 0.29) is 12.5 Å². The number of rotatable bonds is 13. The first-order valence-corrected chi connectivity index (χ1v) is 14.3. The Balaban J connectivity index is 1.27. The molecule has 1 saturated heterocycles. The molecule has 1 aliphatic heterocycles. The molecule has 11 nitrogen and oxygen atoms in total. The molecule has 4 aromatic rings. The van der Waals surface area contributed by atoms with Crippen molar-refractivity contribution in [2.24, 2.45) is 0 Å². The summed E-state index contributed by atoms with van der Waals surface area (Å²) >= 11 is 0. The zero-order valence-electron chi connectivity index (χ0n) is 24.5. The molecule has 0 radical (unpaired) electrons.